The number of aryl methyl sites for hydroxylation is 1. The van der Waals surface area contributed by atoms with Crippen molar-refractivity contribution >= 4 is 34.0 Å². The fraction of sp³-hybridized carbons (Fsp3) is 0.118. The molecule has 5 nitrogen and oxygen atoms in total. The van der Waals surface area contributed by atoms with Gasteiger partial charge in [0.1, 0.15) is 12.4 Å². The van der Waals surface area contributed by atoms with Crippen molar-refractivity contribution in [3.63, 3.8) is 0 Å². The Bertz CT molecular complexity index is 1000. The van der Waals surface area contributed by atoms with Gasteiger partial charge in [0.2, 0.25) is 5.91 Å². The lowest BCUT2D eigenvalue weighted by molar-refractivity contribution is -0.117. The molecule has 0 aliphatic heterocycles. The monoisotopic (exact) mass is 345 g/mol. The van der Waals surface area contributed by atoms with Crippen molar-refractivity contribution in [1.29, 1.82) is 0 Å². The van der Waals surface area contributed by atoms with Gasteiger partial charge in [-0.1, -0.05) is 29.8 Å². The molecule has 0 aliphatic carbocycles. The number of anilines is 1. The average molecular weight is 346 g/mol. The number of fused-ring (bicyclic) bond motifs is 1. The molecule has 0 bridgehead atoms. The van der Waals surface area contributed by atoms with E-state index in [1.165, 1.54) is 12.1 Å². The predicted molar refractivity (Wildman–Crippen MR) is 90.8 cm³/mol. The maximum atomic E-state index is 13.0. The lowest BCUT2D eigenvalue weighted by Gasteiger charge is -2.10. The van der Waals surface area contributed by atoms with Crippen LogP contribution in [0.15, 0.2) is 47.3 Å². The molecule has 0 spiro atoms. The van der Waals surface area contributed by atoms with Gasteiger partial charge in [0.25, 0.3) is 5.56 Å². The zero-order valence-electron chi connectivity index (χ0n) is 12.7. The predicted octanol–water partition coefficient (Wildman–Crippen LogP) is 3.14. The Morgan fingerprint density at radius 1 is 1.25 bits per heavy atom. The molecule has 3 rings (SSSR count). The third kappa shape index (κ3) is 3.14. The van der Waals surface area contributed by atoms with Gasteiger partial charge in [-0.25, -0.2) is 9.07 Å². The van der Waals surface area contributed by atoms with Crippen LogP contribution >= 0.6 is 11.6 Å². The van der Waals surface area contributed by atoms with E-state index < -0.39 is 11.7 Å². The SMILES string of the molecule is Cc1nn(CC(=O)Nc2ccc(F)cc2Cl)c(=O)c2ccccc12. The molecule has 0 radical (unpaired) electrons. The highest BCUT2D eigenvalue weighted by molar-refractivity contribution is 6.33. The number of benzene rings is 2. The molecule has 0 aliphatic rings. The first kappa shape index (κ1) is 16.1. The van der Waals surface area contributed by atoms with Crippen LogP contribution in [-0.2, 0) is 11.3 Å². The van der Waals surface area contributed by atoms with Crippen LogP contribution in [0.1, 0.15) is 5.69 Å². The van der Waals surface area contributed by atoms with Gasteiger partial charge in [-0.05, 0) is 31.2 Å². The van der Waals surface area contributed by atoms with E-state index in [1.54, 1.807) is 19.1 Å². The van der Waals surface area contributed by atoms with Gasteiger partial charge >= 0.3 is 0 Å². The molecule has 1 aromatic heterocycles. The van der Waals surface area contributed by atoms with Crippen LogP contribution in [0.2, 0.25) is 5.02 Å². The minimum atomic E-state index is -0.499. The highest BCUT2D eigenvalue weighted by Gasteiger charge is 2.12. The normalized spacial score (nSPS) is 10.8. The highest BCUT2D eigenvalue weighted by Crippen LogP contribution is 2.22. The lowest BCUT2D eigenvalue weighted by atomic mass is 10.1. The van der Waals surface area contributed by atoms with E-state index in [1.807, 2.05) is 12.1 Å². The number of hydrogen-bond donors (Lipinski definition) is 1. The smallest absolute Gasteiger partial charge is 0.275 e. The van der Waals surface area contributed by atoms with Gasteiger partial charge in [-0.15, -0.1) is 0 Å². The van der Waals surface area contributed by atoms with Crippen LogP contribution in [0.3, 0.4) is 0 Å². The van der Waals surface area contributed by atoms with Crippen LogP contribution in [0.5, 0.6) is 0 Å². The number of halogens is 2. The number of carbonyl (C=O) groups is 1. The van der Waals surface area contributed by atoms with Gasteiger partial charge in [-0.3, -0.25) is 9.59 Å². The van der Waals surface area contributed by atoms with Crippen molar-refractivity contribution in [1.82, 2.24) is 9.78 Å². The van der Waals surface area contributed by atoms with E-state index in [4.69, 9.17) is 11.6 Å². The second-order valence-electron chi connectivity index (χ2n) is 5.27. The van der Waals surface area contributed by atoms with E-state index in [0.717, 1.165) is 16.1 Å². The standard InChI is InChI=1S/C17H13ClFN3O2/c1-10-12-4-2-3-5-13(12)17(24)22(21-10)9-16(23)20-15-7-6-11(19)8-14(15)18/h2-8H,9H2,1H3,(H,20,23). The summed E-state index contributed by atoms with van der Waals surface area (Å²) in [5.74, 6) is -0.978. The fourth-order valence-electron chi connectivity index (χ4n) is 2.43. The Labute approximate surface area is 141 Å². The number of rotatable bonds is 3. The first-order valence-electron chi connectivity index (χ1n) is 7.17. The van der Waals surface area contributed by atoms with Gasteiger partial charge in [0.05, 0.1) is 21.8 Å². The second kappa shape index (κ2) is 6.41. The summed E-state index contributed by atoms with van der Waals surface area (Å²) in [7, 11) is 0. The summed E-state index contributed by atoms with van der Waals surface area (Å²) < 4.78 is 14.1. The molecule has 0 atom stereocenters. The lowest BCUT2D eigenvalue weighted by Crippen LogP contribution is -2.30. The molecule has 122 valence electrons. The van der Waals surface area contributed by atoms with Gasteiger partial charge < -0.3 is 5.32 Å². The molecule has 0 saturated heterocycles. The topological polar surface area (TPSA) is 64.0 Å². The Balaban J connectivity index is 1.88. The first-order chi connectivity index (χ1) is 11.5. The van der Waals surface area contributed by atoms with Crippen LogP contribution in [-0.4, -0.2) is 15.7 Å². The summed E-state index contributed by atoms with van der Waals surface area (Å²) >= 11 is 5.87. The fourth-order valence-corrected chi connectivity index (χ4v) is 2.64. The number of nitrogens with zero attached hydrogens (tertiary/aromatic N) is 2. The molecule has 1 amide bonds. The highest BCUT2D eigenvalue weighted by atomic mass is 35.5. The van der Waals surface area contributed by atoms with E-state index in [9.17, 15) is 14.0 Å². The molecule has 3 aromatic rings. The van der Waals surface area contributed by atoms with Crippen LogP contribution < -0.4 is 10.9 Å². The summed E-state index contributed by atoms with van der Waals surface area (Å²) in [6, 6.07) is 10.7. The van der Waals surface area contributed by atoms with Gasteiger partial charge in [0.15, 0.2) is 0 Å². The maximum Gasteiger partial charge on any atom is 0.275 e. The number of hydrogen-bond acceptors (Lipinski definition) is 3. The molecule has 2 aromatic carbocycles. The quantitative estimate of drug-likeness (QED) is 0.793. The van der Waals surface area contributed by atoms with Crippen molar-refractivity contribution in [3.8, 4) is 0 Å². The summed E-state index contributed by atoms with van der Waals surface area (Å²) in [5.41, 5.74) is 0.572. The van der Waals surface area contributed by atoms with Crippen molar-refractivity contribution < 1.29 is 9.18 Å². The summed E-state index contributed by atoms with van der Waals surface area (Å²) in [5, 5.41) is 8.04. The van der Waals surface area contributed by atoms with Crippen molar-refractivity contribution in [3.05, 3.63) is 69.4 Å². The molecule has 24 heavy (non-hydrogen) atoms. The van der Waals surface area contributed by atoms with Crippen LogP contribution in [0.25, 0.3) is 10.8 Å². The Morgan fingerprint density at radius 3 is 2.67 bits per heavy atom. The molecule has 1 heterocycles. The zero-order valence-corrected chi connectivity index (χ0v) is 13.5. The third-order valence-corrected chi connectivity index (χ3v) is 3.86. The molecule has 1 N–H and O–H groups in total. The number of nitrogens with one attached hydrogen (secondary N) is 1. The van der Waals surface area contributed by atoms with Crippen LogP contribution in [0, 0.1) is 12.7 Å². The number of aromatic nitrogens is 2. The van der Waals surface area contributed by atoms with Crippen molar-refractivity contribution in [2.75, 3.05) is 5.32 Å². The van der Waals surface area contributed by atoms with E-state index in [0.29, 0.717) is 11.1 Å². The molecular weight excluding hydrogens is 333 g/mol. The molecule has 0 saturated carbocycles. The van der Waals surface area contributed by atoms with Crippen molar-refractivity contribution in [2.24, 2.45) is 0 Å². The number of amides is 1. The summed E-state index contributed by atoms with van der Waals surface area (Å²) in [6.07, 6.45) is 0. The number of carbonyl (C=O) groups excluding carboxylic acids is 1. The Morgan fingerprint density at radius 2 is 1.96 bits per heavy atom. The van der Waals surface area contributed by atoms with E-state index in [2.05, 4.69) is 10.4 Å². The minimum absolute atomic E-state index is 0.0818. The van der Waals surface area contributed by atoms with E-state index >= 15 is 0 Å². The summed E-state index contributed by atoms with van der Waals surface area (Å²) in [4.78, 5) is 24.6. The Hall–Kier alpha value is -2.73. The average Bonchev–Trinajstić information content (AvgIpc) is 2.55. The van der Waals surface area contributed by atoms with Gasteiger partial charge in [-0.2, -0.15) is 5.10 Å². The molecular formula is C17H13ClFN3O2. The Kier molecular flexibility index (Phi) is 4.31. The molecule has 7 heteroatoms. The molecule has 0 unspecified atom stereocenters. The third-order valence-electron chi connectivity index (χ3n) is 3.55. The second-order valence-corrected chi connectivity index (χ2v) is 5.67. The van der Waals surface area contributed by atoms with Crippen LogP contribution in [0.4, 0.5) is 10.1 Å². The largest absolute Gasteiger partial charge is 0.323 e. The van der Waals surface area contributed by atoms with Crippen molar-refractivity contribution in [2.45, 2.75) is 13.5 Å². The molecule has 0 fully saturated rings. The maximum absolute atomic E-state index is 13.0. The summed E-state index contributed by atoms with van der Waals surface area (Å²) in [6.45, 7) is 1.51. The van der Waals surface area contributed by atoms with Gasteiger partial charge in [0, 0.05) is 5.39 Å². The van der Waals surface area contributed by atoms with E-state index in [-0.39, 0.29) is 22.8 Å². The zero-order chi connectivity index (χ0) is 17.3. The first-order valence-corrected chi connectivity index (χ1v) is 7.55. The minimum Gasteiger partial charge on any atom is -0.323 e.